The smallest absolute Gasteiger partial charge is 0.416 e. The van der Waals surface area contributed by atoms with Gasteiger partial charge < -0.3 is 137 Å². The van der Waals surface area contributed by atoms with Gasteiger partial charge in [0.25, 0.3) is 23.6 Å². The lowest BCUT2D eigenvalue weighted by Gasteiger charge is -2.38. The van der Waals surface area contributed by atoms with Gasteiger partial charge in [0.05, 0.1) is 173 Å². The van der Waals surface area contributed by atoms with Crippen LogP contribution < -0.4 is 54.8 Å². The summed E-state index contributed by atoms with van der Waals surface area (Å²) in [5.74, 6) is -6.28. The van der Waals surface area contributed by atoms with Crippen LogP contribution in [0.3, 0.4) is 0 Å². The minimum Gasteiger partial charge on any atom is -0.493 e. The van der Waals surface area contributed by atoms with E-state index in [1.807, 2.05) is 0 Å². The van der Waals surface area contributed by atoms with Gasteiger partial charge in [0, 0.05) is 81.5 Å². The Bertz CT molecular complexity index is 4560. The second-order valence-corrected chi connectivity index (χ2v) is 30.7. The number of hydrogen-bond donors (Lipinski definition) is 10. The number of carboxylic acids is 1. The Morgan fingerprint density at radius 1 is 0.531 bits per heavy atom. The molecule has 130 heavy (non-hydrogen) atoms. The standard InChI is InChI=1S/C85H112N10O35/c1-50(2)71(89-68(97)20-27-117-29-31-119-33-35-121-37-39-123-41-42-124-40-38-122-36-34-120-32-30-118-28-21-86-67(96)19-24-92-69(98)17-18-70(92)99)77(104)87-51(3)76(103)88-54-14-11-52(12-15-54)48-127-84(111)93-59-46-65(63(115-4)44-55(59)78(105)90-22-6-9-57(90)80(93)107)125-25-8-26-126-66-47-60-56(45-64(66)116-5)79(106)91-23-7-10-58(91)81(108)94(60)85(112)128-49-53-13-16-62(61(43-53)95(113)114)129-83-74(102)72(100)73(101)75(130-83)82(109)110/h11-18,43-47,50-51,57-58,71-75,80-81,83,100-102,107-108H,6-10,19-42,48-49H2,1-5H3,(H,86,96)(H,87,104)(H,88,103)(H,89,97)(H,109,110)/t51-,57-,58-,71-,72-,73-,74+,75-,80-,81-,83+/m0/s1. The van der Waals surface area contributed by atoms with E-state index in [1.54, 1.807) is 38.1 Å². The molecule has 6 aliphatic rings. The number of aliphatic hydroxyl groups is 5. The molecule has 0 bridgehead atoms. The number of anilines is 3. The van der Waals surface area contributed by atoms with Gasteiger partial charge in [-0.05, 0) is 80.0 Å². The number of hydrogen-bond acceptors (Lipinski definition) is 34. The quantitative estimate of drug-likeness (QED) is 0.0129. The first kappa shape index (κ1) is 101. The van der Waals surface area contributed by atoms with E-state index in [4.69, 9.17) is 75.8 Å². The number of imide groups is 1. The first-order valence-electron chi connectivity index (χ1n) is 42.5. The minimum absolute atomic E-state index is 0.00356. The van der Waals surface area contributed by atoms with Crippen molar-refractivity contribution in [3.63, 3.8) is 0 Å². The summed E-state index contributed by atoms with van der Waals surface area (Å²) in [5.41, 5.74) is -0.292. The highest BCUT2D eigenvalue weighted by Gasteiger charge is 2.50. The predicted octanol–water partition coefficient (Wildman–Crippen LogP) is 1.43. The van der Waals surface area contributed by atoms with Crippen LogP contribution in [0.1, 0.15) is 97.6 Å². The molecule has 4 aromatic carbocycles. The summed E-state index contributed by atoms with van der Waals surface area (Å²) in [5, 5.41) is 87.4. The van der Waals surface area contributed by atoms with Crippen LogP contribution in [0.2, 0.25) is 0 Å². The minimum atomic E-state index is -2.08. The van der Waals surface area contributed by atoms with Crippen LogP contribution in [0, 0.1) is 16.0 Å². The van der Waals surface area contributed by atoms with Crippen molar-refractivity contribution in [3.05, 3.63) is 111 Å². The number of aliphatic carboxylic acids is 1. The predicted molar refractivity (Wildman–Crippen MR) is 449 cm³/mol. The molecule has 0 aliphatic carbocycles. The Kier molecular flexibility index (Phi) is 38.7. The number of methoxy groups -OCH3 is 2. The van der Waals surface area contributed by atoms with E-state index in [1.165, 1.54) is 73.4 Å². The lowest BCUT2D eigenvalue weighted by Crippen LogP contribution is -2.61. The lowest BCUT2D eigenvalue weighted by molar-refractivity contribution is -0.387. The highest BCUT2D eigenvalue weighted by atomic mass is 16.7. The van der Waals surface area contributed by atoms with Crippen molar-refractivity contribution in [1.82, 2.24) is 30.7 Å². The highest BCUT2D eigenvalue weighted by Crippen LogP contribution is 2.44. The molecule has 6 heterocycles. The third kappa shape index (κ3) is 27.5. The molecule has 45 heteroatoms. The van der Waals surface area contributed by atoms with Crippen LogP contribution in [0.15, 0.2) is 78.9 Å². The van der Waals surface area contributed by atoms with E-state index < -0.39 is 150 Å². The van der Waals surface area contributed by atoms with Gasteiger partial charge in [-0.15, -0.1) is 0 Å². The molecule has 11 atom stereocenters. The van der Waals surface area contributed by atoms with Gasteiger partial charge in [-0.2, -0.15) is 0 Å². The van der Waals surface area contributed by atoms with E-state index in [2.05, 4.69) is 21.3 Å². The van der Waals surface area contributed by atoms with E-state index in [-0.39, 0.29) is 161 Å². The maximum Gasteiger partial charge on any atom is 0.416 e. The Morgan fingerprint density at radius 3 is 1.47 bits per heavy atom. The van der Waals surface area contributed by atoms with Crippen molar-refractivity contribution in [2.45, 2.75) is 146 Å². The highest BCUT2D eigenvalue weighted by molar-refractivity contribution is 6.13. The van der Waals surface area contributed by atoms with Gasteiger partial charge in [-0.1, -0.05) is 32.0 Å². The van der Waals surface area contributed by atoms with Gasteiger partial charge >= 0.3 is 23.8 Å². The summed E-state index contributed by atoms with van der Waals surface area (Å²) in [6, 6.07) is 11.1. The van der Waals surface area contributed by atoms with Crippen molar-refractivity contribution >= 4 is 88.2 Å². The third-order valence-electron chi connectivity index (χ3n) is 21.4. The molecule has 3 fully saturated rings. The molecule has 0 saturated carbocycles. The van der Waals surface area contributed by atoms with Gasteiger partial charge in [-0.3, -0.25) is 53.4 Å². The first-order valence-corrected chi connectivity index (χ1v) is 42.5. The largest absolute Gasteiger partial charge is 0.493 e. The van der Waals surface area contributed by atoms with E-state index in [0.29, 0.717) is 110 Å². The fourth-order valence-corrected chi connectivity index (χ4v) is 14.6. The summed E-state index contributed by atoms with van der Waals surface area (Å²) in [6.45, 7) is 9.63. The third-order valence-corrected chi connectivity index (χ3v) is 21.4. The number of carboxylic acid groups (broad SMARTS) is 1. The SMILES string of the molecule is COc1cc2c(cc1OCCCOc1cc3c(cc1OC)C(=O)N1CCC[C@H]1[C@H](O)N3C(=O)OCc1ccc(O[C@@H]3O[C@H](C(=O)O)[C@@H](O)[C@H](O)[C@H]3O)c([N+](=O)[O-])c1)N(C(=O)OCc1ccc(NC(=O)[C@H](C)NC(=O)[C@@H](NC(=O)CCOCCOCCOCCOCCOCCOCCOCCOCCNC(=O)CCN3C(=O)C=CC3=O)C(C)C)cc1)[C@@H](O)[C@@H]1CCCN1C2=O. The molecule has 712 valence electrons. The number of aliphatic hydroxyl groups excluding tert-OH is 5. The number of rotatable bonds is 52. The Morgan fingerprint density at radius 2 is 1.00 bits per heavy atom. The molecule has 0 radical (unpaired) electrons. The fourth-order valence-electron chi connectivity index (χ4n) is 14.6. The normalized spacial score (nSPS) is 20.3. The fraction of sp³-hybridized carbons (Fsp3) is 0.565. The zero-order chi connectivity index (χ0) is 93.5. The molecule has 10 amide bonds. The molecule has 0 aromatic heterocycles. The summed E-state index contributed by atoms with van der Waals surface area (Å²) >= 11 is 0. The molecule has 0 unspecified atom stereocenters. The van der Waals surface area contributed by atoms with Gasteiger partial charge in [0.2, 0.25) is 29.9 Å². The molecule has 4 aromatic rings. The summed E-state index contributed by atoms with van der Waals surface area (Å²) in [7, 11) is 2.66. The summed E-state index contributed by atoms with van der Waals surface area (Å²) in [6.07, 6.45) is -11.7. The van der Waals surface area contributed by atoms with E-state index in [0.717, 1.165) is 26.8 Å². The molecular weight excluding hydrogens is 1720 g/mol. The lowest BCUT2D eigenvalue weighted by atomic mass is 9.99. The van der Waals surface area contributed by atoms with Crippen LogP contribution >= 0.6 is 0 Å². The zero-order valence-corrected chi connectivity index (χ0v) is 72.6. The number of benzene rings is 4. The van der Waals surface area contributed by atoms with Crippen LogP contribution in [-0.2, 0) is 98.9 Å². The second-order valence-electron chi connectivity index (χ2n) is 30.7. The molecule has 0 spiro atoms. The summed E-state index contributed by atoms with van der Waals surface area (Å²) < 4.78 is 89.9. The van der Waals surface area contributed by atoms with E-state index >= 15 is 0 Å². The Balaban J connectivity index is 0.613. The molecule has 10 rings (SSSR count). The average Bonchev–Trinajstić information content (AvgIpc) is 1.59. The number of fused-ring (bicyclic) bond motifs is 4. The molecule has 6 aliphatic heterocycles. The van der Waals surface area contributed by atoms with Crippen LogP contribution in [0.5, 0.6) is 28.7 Å². The number of nitro benzene ring substituents is 1. The number of carbonyl (C=O) groups excluding carboxylic acids is 10. The zero-order valence-electron chi connectivity index (χ0n) is 72.6. The topological polar surface area (TPSA) is 564 Å². The van der Waals surface area contributed by atoms with Crippen molar-refractivity contribution < 1.29 is 164 Å². The number of nitrogens with zero attached hydrogens (tertiary/aromatic N) is 6. The molecule has 45 nitrogen and oxygen atoms in total. The number of carbonyl (C=O) groups is 11. The van der Waals surface area contributed by atoms with Crippen LogP contribution in [0.25, 0.3) is 0 Å². The Hall–Kier alpha value is -11.6. The number of ether oxygens (including phenoxy) is 16. The summed E-state index contributed by atoms with van der Waals surface area (Å²) in [4.78, 5) is 161. The van der Waals surface area contributed by atoms with Crippen molar-refractivity contribution in [2.24, 2.45) is 5.92 Å². The molecule has 3 saturated heterocycles. The average molecular weight is 1830 g/mol. The van der Waals surface area contributed by atoms with E-state index in [9.17, 15) is 93.5 Å². The molecular formula is C85H112N10O35. The Labute approximate surface area is 746 Å². The molecule has 10 N–H and O–H groups in total. The van der Waals surface area contributed by atoms with Crippen molar-refractivity contribution in [2.75, 3.05) is 174 Å². The number of amides is 10. The number of nitrogens with one attached hydrogen (secondary N) is 4. The monoisotopic (exact) mass is 1830 g/mol. The van der Waals surface area contributed by atoms with Crippen LogP contribution in [0.4, 0.5) is 32.3 Å². The van der Waals surface area contributed by atoms with Crippen molar-refractivity contribution in [1.29, 1.82) is 0 Å². The second kappa shape index (κ2) is 50.0. The van der Waals surface area contributed by atoms with Crippen molar-refractivity contribution in [3.8, 4) is 28.7 Å². The maximum atomic E-state index is 14.4. The maximum absolute atomic E-state index is 14.4. The van der Waals surface area contributed by atoms with Crippen LogP contribution in [-0.4, -0.2) is 342 Å². The van der Waals surface area contributed by atoms with Gasteiger partial charge in [0.15, 0.2) is 47.3 Å². The van der Waals surface area contributed by atoms with Gasteiger partial charge in [-0.25, -0.2) is 24.2 Å². The first-order chi connectivity index (χ1) is 62.6. The number of nitro groups is 1. The van der Waals surface area contributed by atoms with Gasteiger partial charge in [0.1, 0.15) is 43.6 Å².